The van der Waals surface area contributed by atoms with Crippen LogP contribution in [-0.4, -0.2) is 23.7 Å². The van der Waals surface area contributed by atoms with E-state index in [-0.39, 0.29) is 18.4 Å². The molecule has 0 radical (unpaired) electrons. The van der Waals surface area contributed by atoms with Gasteiger partial charge in [0, 0.05) is 12.1 Å². The Morgan fingerprint density at radius 1 is 1.47 bits per heavy atom. The summed E-state index contributed by atoms with van der Waals surface area (Å²) in [5.74, 6) is -0.726. The molecule has 1 aromatic rings. The van der Waals surface area contributed by atoms with Crippen molar-refractivity contribution in [2.45, 2.75) is 26.9 Å². The molecule has 0 saturated carbocycles. The molecule has 1 amide bonds. The van der Waals surface area contributed by atoms with E-state index in [0.29, 0.717) is 11.1 Å². The summed E-state index contributed by atoms with van der Waals surface area (Å²) in [4.78, 5) is 11.8. The average Bonchev–Trinajstić information content (AvgIpc) is 2.28. The second kappa shape index (κ2) is 5.77. The molecule has 3 nitrogen and oxygen atoms in total. The van der Waals surface area contributed by atoms with E-state index in [9.17, 15) is 14.3 Å². The summed E-state index contributed by atoms with van der Waals surface area (Å²) < 4.78 is 13.0. The van der Waals surface area contributed by atoms with Crippen molar-refractivity contribution in [2.75, 3.05) is 6.54 Å². The fraction of sp³-hybridized carbons (Fsp3) is 0.462. The normalized spacial score (nSPS) is 12.6. The zero-order valence-corrected chi connectivity index (χ0v) is 10.3. The highest BCUT2D eigenvalue weighted by atomic mass is 19.1. The van der Waals surface area contributed by atoms with Gasteiger partial charge in [-0.2, -0.15) is 0 Å². The number of aliphatic hydroxyl groups is 1. The SMILES string of the molecule is Cc1ccc(F)cc1C(=O)NCC(O)C(C)C. The molecule has 0 aliphatic carbocycles. The van der Waals surface area contributed by atoms with Gasteiger partial charge in [-0.3, -0.25) is 4.79 Å². The Bertz CT molecular complexity index is 404. The third-order valence-corrected chi connectivity index (χ3v) is 2.69. The summed E-state index contributed by atoms with van der Waals surface area (Å²) in [6.07, 6.45) is -0.590. The van der Waals surface area contributed by atoms with Gasteiger partial charge in [-0.1, -0.05) is 19.9 Å². The van der Waals surface area contributed by atoms with Gasteiger partial charge in [-0.15, -0.1) is 0 Å². The number of amides is 1. The Hall–Kier alpha value is -1.42. The fourth-order valence-electron chi connectivity index (χ4n) is 1.37. The molecule has 17 heavy (non-hydrogen) atoms. The van der Waals surface area contributed by atoms with Gasteiger partial charge in [0.15, 0.2) is 0 Å². The van der Waals surface area contributed by atoms with Crippen molar-refractivity contribution in [3.63, 3.8) is 0 Å². The van der Waals surface area contributed by atoms with E-state index >= 15 is 0 Å². The van der Waals surface area contributed by atoms with Crippen molar-refractivity contribution in [3.8, 4) is 0 Å². The molecular weight excluding hydrogens is 221 g/mol. The minimum absolute atomic E-state index is 0.0731. The predicted octanol–water partition coefficient (Wildman–Crippen LogP) is 1.88. The van der Waals surface area contributed by atoms with E-state index in [1.165, 1.54) is 12.1 Å². The molecule has 1 aromatic carbocycles. The minimum atomic E-state index is -0.590. The number of benzene rings is 1. The molecular formula is C13H18FNO2. The van der Waals surface area contributed by atoms with Gasteiger partial charge in [0.05, 0.1) is 6.10 Å². The van der Waals surface area contributed by atoms with Gasteiger partial charge in [-0.05, 0) is 30.5 Å². The summed E-state index contributed by atoms with van der Waals surface area (Å²) in [5, 5.41) is 12.1. The molecule has 0 spiro atoms. The highest BCUT2D eigenvalue weighted by molar-refractivity contribution is 5.95. The molecule has 0 aliphatic heterocycles. The fourth-order valence-corrected chi connectivity index (χ4v) is 1.37. The molecule has 0 aliphatic rings. The van der Waals surface area contributed by atoms with Gasteiger partial charge in [0.2, 0.25) is 0 Å². The third kappa shape index (κ3) is 3.82. The van der Waals surface area contributed by atoms with Crippen LogP contribution < -0.4 is 5.32 Å². The number of carbonyl (C=O) groups excluding carboxylic acids is 1. The van der Waals surface area contributed by atoms with Gasteiger partial charge in [0.25, 0.3) is 5.91 Å². The molecule has 4 heteroatoms. The first-order valence-electron chi connectivity index (χ1n) is 5.64. The van der Waals surface area contributed by atoms with Crippen LogP contribution in [0.25, 0.3) is 0 Å². The standard InChI is InChI=1S/C13H18FNO2/c1-8(2)12(16)7-15-13(17)11-6-10(14)5-4-9(11)3/h4-6,8,12,16H,7H2,1-3H3,(H,15,17). The van der Waals surface area contributed by atoms with E-state index in [4.69, 9.17) is 0 Å². The minimum Gasteiger partial charge on any atom is -0.391 e. The Balaban J connectivity index is 2.67. The molecule has 1 unspecified atom stereocenters. The van der Waals surface area contributed by atoms with Crippen LogP contribution >= 0.6 is 0 Å². The second-order valence-electron chi connectivity index (χ2n) is 4.48. The van der Waals surface area contributed by atoms with Gasteiger partial charge in [0.1, 0.15) is 5.82 Å². The van der Waals surface area contributed by atoms with Crippen LogP contribution in [0.5, 0.6) is 0 Å². The lowest BCUT2D eigenvalue weighted by Crippen LogP contribution is -2.35. The second-order valence-corrected chi connectivity index (χ2v) is 4.48. The lowest BCUT2D eigenvalue weighted by atomic mass is 10.1. The lowest BCUT2D eigenvalue weighted by molar-refractivity contribution is 0.0870. The largest absolute Gasteiger partial charge is 0.391 e. The van der Waals surface area contributed by atoms with E-state index in [1.54, 1.807) is 13.0 Å². The maximum absolute atomic E-state index is 13.0. The summed E-state index contributed by atoms with van der Waals surface area (Å²) >= 11 is 0. The van der Waals surface area contributed by atoms with Crippen LogP contribution in [0.1, 0.15) is 29.8 Å². The third-order valence-electron chi connectivity index (χ3n) is 2.69. The number of rotatable bonds is 4. The van der Waals surface area contributed by atoms with Crippen LogP contribution in [0.2, 0.25) is 0 Å². The zero-order valence-electron chi connectivity index (χ0n) is 10.3. The molecule has 2 N–H and O–H groups in total. The first-order valence-corrected chi connectivity index (χ1v) is 5.64. The molecule has 1 atom stereocenters. The number of carbonyl (C=O) groups is 1. The molecule has 0 fully saturated rings. The van der Waals surface area contributed by atoms with Crippen LogP contribution in [0.15, 0.2) is 18.2 Å². The number of aliphatic hydroxyl groups excluding tert-OH is 1. The van der Waals surface area contributed by atoms with Gasteiger partial charge in [-0.25, -0.2) is 4.39 Å². The first-order chi connectivity index (χ1) is 7.91. The summed E-state index contributed by atoms with van der Waals surface area (Å²) in [5.41, 5.74) is 1.02. The van der Waals surface area contributed by atoms with E-state index in [0.717, 1.165) is 0 Å². The van der Waals surface area contributed by atoms with Crippen molar-refractivity contribution >= 4 is 5.91 Å². The maximum Gasteiger partial charge on any atom is 0.251 e. The van der Waals surface area contributed by atoms with Crippen molar-refractivity contribution in [3.05, 3.63) is 35.1 Å². The zero-order chi connectivity index (χ0) is 13.0. The number of hydrogen-bond acceptors (Lipinski definition) is 2. The van der Waals surface area contributed by atoms with Crippen LogP contribution in [0.3, 0.4) is 0 Å². The molecule has 0 heterocycles. The summed E-state index contributed by atoms with van der Waals surface area (Å²) in [6, 6.07) is 4.07. The predicted molar refractivity (Wildman–Crippen MR) is 64.3 cm³/mol. The summed E-state index contributed by atoms with van der Waals surface area (Å²) in [7, 11) is 0. The quantitative estimate of drug-likeness (QED) is 0.842. The number of hydrogen-bond donors (Lipinski definition) is 2. The Labute approximate surface area is 101 Å². The Kier molecular flexibility index (Phi) is 4.63. The van der Waals surface area contributed by atoms with Crippen molar-refractivity contribution in [1.82, 2.24) is 5.32 Å². The van der Waals surface area contributed by atoms with Crippen LogP contribution in [0.4, 0.5) is 4.39 Å². The monoisotopic (exact) mass is 239 g/mol. The summed E-state index contributed by atoms with van der Waals surface area (Å²) in [6.45, 7) is 5.65. The van der Waals surface area contributed by atoms with Gasteiger partial charge < -0.3 is 10.4 Å². The highest BCUT2D eigenvalue weighted by Gasteiger charge is 2.13. The van der Waals surface area contributed by atoms with Crippen LogP contribution in [-0.2, 0) is 0 Å². The van der Waals surface area contributed by atoms with E-state index < -0.39 is 11.9 Å². The molecule has 0 bridgehead atoms. The van der Waals surface area contributed by atoms with Crippen molar-refractivity contribution in [2.24, 2.45) is 5.92 Å². The topological polar surface area (TPSA) is 49.3 Å². The lowest BCUT2D eigenvalue weighted by Gasteiger charge is -2.15. The first kappa shape index (κ1) is 13.6. The van der Waals surface area contributed by atoms with Crippen molar-refractivity contribution < 1.29 is 14.3 Å². The highest BCUT2D eigenvalue weighted by Crippen LogP contribution is 2.10. The molecule has 94 valence electrons. The number of halogens is 1. The van der Waals surface area contributed by atoms with E-state index in [1.807, 2.05) is 13.8 Å². The van der Waals surface area contributed by atoms with Crippen molar-refractivity contribution in [1.29, 1.82) is 0 Å². The Morgan fingerprint density at radius 3 is 2.71 bits per heavy atom. The maximum atomic E-state index is 13.0. The molecule has 0 aromatic heterocycles. The average molecular weight is 239 g/mol. The number of aryl methyl sites for hydroxylation is 1. The van der Waals surface area contributed by atoms with Crippen LogP contribution in [0, 0.1) is 18.7 Å². The smallest absolute Gasteiger partial charge is 0.251 e. The van der Waals surface area contributed by atoms with E-state index in [2.05, 4.69) is 5.32 Å². The number of nitrogens with one attached hydrogen (secondary N) is 1. The molecule has 1 rings (SSSR count). The van der Waals surface area contributed by atoms with Gasteiger partial charge >= 0.3 is 0 Å². The molecule has 0 saturated heterocycles. The Morgan fingerprint density at radius 2 is 2.12 bits per heavy atom.